The molecule has 2 fully saturated rings. The lowest BCUT2D eigenvalue weighted by Gasteiger charge is -2.26. The number of carbonyl (C=O) groups is 2. The molecule has 2 saturated heterocycles. The molecule has 0 spiro atoms. The Hall–Kier alpha value is -2.90. The van der Waals surface area contributed by atoms with E-state index < -0.39 is 17.7 Å². The summed E-state index contributed by atoms with van der Waals surface area (Å²) in [5.74, 6) is -0.965. The fourth-order valence-electron chi connectivity index (χ4n) is 4.13. The number of carbonyl (C=O) groups excluding carboxylic acids is 2. The summed E-state index contributed by atoms with van der Waals surface area (Å²) >= 11 is 0. The number of nitrogens with zero attached hydrogens (tertiary/aromatic N) is 1. The van der Waals surface area contributed by atoms with Crippen LogP contribution in [0.25, 0.3) is 5.76 Å². The maximum Gasteiger partial charge on any atom is 0.295 e. The van der Waals surface area contributed by atoms with Crippen LogP contribution in [0.4, 0.5) is 0 Å². The van der Waals surface area contributed by atoms with Crippen LogP contribution in [0.15, 0.2) is 52.7 Å². The van der Waals surface area contributed by atoms with Gasteiger partial charge >= 0.3 is 0 Å². The number of ether oxygens (including phenoxy) is 1. The van der Waals surface area contributed by atoms with E-state index in [1.54, 1.807) is 24.3 Å². The summed E-state index contributed by atoms with van der Waals surface area (Å²) in [7, 11) is 0. The van der Waals surface area contributed by atoms with E-state index in [0.29, 0.717) is 17.9 Å². The molecule has 0 aliphatic carbocycles. The molecule has 7 heteroatoms. The number of nitrogens with one attached hydrogen (secondary N) is 1. The van der Waals surface area contributed by atoms with Crippen LogP contribution >= 0.6 is 0 Å². The van der Waals surface area contributed by atoms with Crippen molar-refractivity contribution in [3.8, 4) is 0 Å². The van der Waals surface area contributed by atoms with Crippen LogP contribution in [0.3, 0.4) is 0 Å². The van der Waals surface area contributed by atoms with Crippen molar-refractivity contribution in [2.45, 2.75) is 19.4 Å². The van der Waals surface area contributed by atoms with E-state index in [9.17, 15) is 14.7 Å². The van der Waals surface area contributed by atoms with Crippen LogP contribution in [0, 0.1) is 6.92 Å². The van der Waals surface area contributed by atoms with E-state index in [-0.39, 0.29) is 11.3 Å². The lowest BCUT2D eigenvalue weighted by atomic mass is 9.99. The van der Waals surface area contributed by atoms with Gasteiger partial charge in [-0.25, -0.2) is 0 Å². The molecule has 30 heavy (non-hydrogen) atoms. The van der Waals surface area contributed by atoms with Gasteiger partial charge in [-0.2, -0.15) is 0 Å². The average molecular weight is 411 g/mol. The quantitative estimate of drug-likeness (QED) is 0.426. The molecule has 3 heterocycles. The average Bonchev–Trinajstić information content (AvgIpc) is 3.37. The number of furan rings is 1. The third kappa shape index (κ3) is 4.04. The van der Waals surface area contributed by atoms with E-state index in [1.165, 1.54) is 16.1 Å². The summed E-state index contributed by atoms with van der Waals surface area (Å²) in [4.78, 5) is 28.7. The molecule has 0 bridgehead atoms. The number of aryl methyl sites for hydroxylation is 1. The molecule has 2 aromatic rings. The highest BCUT2D eigenvalue weighted by atomic mass is 16.5. The minimum atomic E-state index is -0.721. The molecule has 0 radical (unpaired) electrons. The minimum absolute atomic E-state index is 0.0810. The second kappa shape index (κ2) is 8.85. The Labute approximate surface area is 175 Å². The molecule has 158 valence electrons. The third-order valence-electron chi connectivity index (χ3n) is 5.81. The zero-order chi connectivity index (χ0) is 21.1. The van der Waals surface area contributed by atoms with Gasteiger partial charge in [-0.15, -0.1) is 0 Å². The van der Waals surface area contributed by atoms with Gasteiger partial charge in [0, 0.05) is 18.5 Å². The van der Waals surface area contributed by atoms with Crippen molar-refractivity contribution in [2.75, 3.05) is 39.4 Å². The minimum Gasteiger partial charge on any atom is -0.507 e. The van der Waals surface area contributed by atoms with Crippen LogP contribution in [-0.2, 0) is 14.3 Å². The van der Waals surface area contributed by atoms with Crippen molar-refractivity contribution >= 4 is 17.4 Å². The molecule has 1 amide bonds. The van der Waals surface area contributed by atoms with Crippen molar-refractivity contribution in [3.05, 3.63) is 65.1 Å². The van der Waals surface area contributed by atoms with Crippen LogP contribution in [0.5, 0.6) is 0 Å². The SMILES string of the molecule is Cc1ccc(C(O)=C2C(=O)C(=O)N(CCC[NH+]3CCOCC3)[C@@H]2c2ccco2)cc1. The first-order valence-electron chi connectivity index (χ1n) is 10.4. The third-order valence-corrected chi connectivity index (χ3v) is 5.81. The lowest BCUT2D eigenvalue weighted by molar-refractivity contribution is -0.908. The number of benzene rings is 1. The second-order valence-corrected chi connectivity index (χ2v) is 7.84. The topological polar surface area (TPSA) is 84.4 Å². The number of ketones is 1. The van der Waals surface area contributed by atoms with Gasteiger partial charge in [0.15, 0.2) is 0 Å². The molecule has 1 aromatic heterocycles. The Morgan fingerprint density at radius 3 is 2.57 bits per heavy atom. The van der Waals surface area contributed by atoms with Crippen LogP contribution in [0.1, 0.15) is 29.3 Å². The molecule has 0 saturated carbocycles. The number of aliphatic hydroxyl groups excluding tert-OH is 1. The Balaban J connectivity index is 1.61. The van der Waals surface area contributed by atoms with Crippen molar-refractivity contribution < 1.29 is 28.7 Å². The molecular formula is C23H27N2O5+. The van der Waals surface area contributed by atoms with Gasteiger partial charge in [-0.3, -0.25) is 9.59 Å². The largest absolute Gasteiger partial charge is 0.507 e. The predicted octanol–water partition coefficient (Wildman–Crippen LogP) is 1.31. The monoisotopic (exact) mass is 411 g/mol. The summed E-state index contributed by atoms with van der Waals surface area (Å²) in [6.45, 7) is 6.68. The molecule has 4 rings (SSSR count). The number of likely N-dealkylation sites (tertiary alicyclic amines) is 1. The summed E-state index contributed by atoms with van der Waals surface area (Å²) < 4.78 is 11.0. The molecule has 7 nitrogen and oxygen atoms in total. The van der Waals surface area contributed by atoms with E-state index in [2.05, 4.69) is 0 Å². The van der Waals surface area contributed by atoms with Gasteiger partial charge in [0.2, 0.25) is 0 Å². The molecular weight excluding hydrogens is 384 g/mol. The molecule has 2 aliphatic heterocycles. The van der Waals surface area contributed by atoms with Gasteiger partial charge in [-0.1, -0.05) is 29.8 Å². The highest BCUT2D eigenvalue weighted by Crippen LogP contribution is 2.39. The summed E-state index contributed by atoms with van der Waals surface area (Å²) in [5, 5.41) is 10.9. The number of amides is 1. The van der Waals surface area contributed by atoms with Gasteiger partial charge in [0.1, 0.15) is 30.7 Å². The van der Waals surface area contributed by atoms with Crippen molar-refractivity contribution in [1.29, 1.82) is 0 Å². The summed E-state index contributed by atoms with van der Waals surface area (Å²) in [6, 6.07) is 9.95. The van der Waals surface area contributed by atoms with Crippen molar-refractivity contribution in [1.82, 2.24) is 4.90 Å². The Bertz CT molecular complexity index is 927. The first-order valence-corrected chi connectivity index (χ1v) is 10.4. The zero-order valence-corrected chi connectivity index (χ0v) is 17.1. The molecule has 1 aromatic carbocycles. The van der Waals surface area contributed by atoms with Crippen LogP contribution in [0.2, 0.25) is 0 Å². The van der Waals surface area contributed by atoms with Gasteiger partial charge < -0.3 is 24.1 Å². The fourth-order valence-corrected chi connectivity index (χ4v) is 4.13. The number of morpholine rings is 1. The lowest BCUT2D eigenvalue weighted by Crippen LogP contribution is -3.14. The molecule has 2 aliphatic rings. The number of rotatable bonds is 6. The number of aliphatic hydroxyl groups is 1. The first kappa shape index (κ1) is 20.4. The predicted molar refractivity (Wildman–Crippen MR) is 110 cm³/mol. The van der Waals surface area contributed by atoms with Crippen molar-refractivity contribution in [2.24, 2.45) is 0 Å². The highest BCUT2D eigenvalue weighted by Gasteiger charge is 2.47. The number of Topliss-reactive ketones (excluding diaryl/α,β-unsaturated/α-hetero) is 1. The number of hydrogen-bond acceptors (Lipinski definition) is 5. The van der Waals surface area contributed by atoms with Crippen LogP contribution < -0.4 is 4.90 Å². The Kier molecular flexibility index (Phi) is 6.01. The first-order chi connectivity index (χ1) is 14.6. The zero-order valence-electron chi connectivity index (χ0n) is 17.1. The molecule has 1 atom stereocenters. The summed E-state index contributed by atoms with van der Waals surface area (Å²) in [6.07, 6.45) is 2.27. The van der Waals surface area contributed by atoms with Crippen molar-refractivity contribution in [3.63, 3.8) is 0 Å². The van der Waals surface area contributed by atoms with Crippen LogP contribution in [-0.4, -0.2) is 61.1 Å². The Morgan fingerprint density at radius 2 is 1.90 bits per heavy atom. The van der Waals surface area contributed by atoms with E-state index in [1.807, 2.05) is 19.1 Å². The maximum absolute atomic E-state index is 12.9. The van der Waals surface area contributed by atoms with E-state index in [4.69, 9.17) is 9.15 Å². The van der Waals surface area contributed by atoms with E-state index in [0.717, 1.165) is 44.8 Å². The van der Waals surface area contributed by atoms with E-state index >= 15 is 0 Å². The Morgan fingerprint density at radius 1 is 1.17 bits per heavy atom. The smallest absolute Gasteiger partial charge is 0.295 e. The molecule has 2 N–H and O–H groups in total. The highest BCUT2D eigenvalue weighted by molar-refractivity contribution is 6.46. The van der Waals surface area contributed by atoms with Gasteiger partial charge in [0.25, 0.3) is 11.7 Å². The number of hydrogen-bond donors (Lipinski definition) is 2. The summed E-state index contributed by atoms with van der Waals surface area (Å²) in [5.41, 5.74) is 1.63. The van der Waals surface area contributed by atoms with Gasteiger partial charge in [0.05, 0.1) is 31.6 Å². The standard InChI is InChI=1S/C23H26N2O5/c1-16-5-7-17(8-6-16)21(26)19-20(18-4-2-13-30-18)25(23(28)22(19)27)10-3-9-24-11-14-29-15-12-24/h2,4-8,13,20,26H,3,9-12,14-15H2,1H3/p+1/t20-/m1/s1. The van der Waals surface area contributed by atoms with Gasteiger partial charge in [-0.05, 0) is 19.1 Å². The second-order valence-electron chi connectivity index (χ2n) is 7.84. The number of quaternary nitrogens is 1. The maximum atomic E-state index is 12.9. The normalized spacial score (nSPS) is 22.0. The molecule has 0 unspecified atom stereocenters. The fraction of sp³-hybridized carbons (Fsp3) is 0.391.